The summed E-state index contributed by atoms with van der Waals surface area (Å²) in [6, 6.07) is 2.81. The highest BCUT2D eigenvalue weighted by Crippen LogP contribution is 2.30. The van der Waals surface area contributed by atoms with Crippen molar-refractivity contribution in [1.82, 2.24) is 4.98 Å². The number of nitrogens with zero attached hydrogens (tertiary/aromatic N) is 1. The van der Waals surface area contributed by atoms with E-state index < -0.39 is 23.8 Å². The molecular weight excluding hydrogens is 278 g/mol. The topological polar surface area (TPSA) is 82.5 Å². The Morgan fingerprint density at radius 3 is 2.79 bits per heavy atom. The summed E-state index contributed by atoms with van der Waals surface area (Å²) in [5.74, 6) is -1.63. The molecule has 2 rings (SSSR count). The Hall–Kier alpha value is -2.06. The highest BCUT2D eigenvalue weighted by molar-refractivity contribution is 7.15. The Morgan fingerprint density at radius 2 is 2.16 bits per heavy atom. The molecule has 0 radical (unpaired) electrons. The molecule has 1 aromatic heterocycles. The minimum atomic E-state index is -1.33. The Morgan fingerprint density at radius 1 is 1.42 bits per heavy atom. The zero-order chi connectivity index (χ0) is 14.0. The maximum Gasteiger partial charge on any atom is 0.410 e. The van der Waals surface area contributed by atoms with Crippen LogP contribution in [0.5, 0.6) is 0 Å². The Balaban J connectivity index is 2.25. The van der Waals surface area contributed by atoms with Gasteiger partial charge in [-0.3, -0.25) is 5.32 Å². The van der Waals surface area contributed by atoms with Crippen molar-refractivity contribution in [2.45, 2.75) is 6.10 Å². The van der Waals surface area contributed by atoms with E-state index in [2.05, 4.69) is 4.98 Å². The summed E-state index contributed by atoms with van der Waals surface area (Å²) in [7, 11) is 0. The zero-order valence-electron chi connectivity index (χ0n) is 9.30. The van der Waals surface area contributed by atoms with Crippen molar-refractivity contribution in [2.24, 2.45) is 0 Å². The molecule has 0 aliphatic carbocycles. The Kier molecular flexibility index (Phi) is 3.72. The minimum Gasteiger partial charge on any atom is -0.465 e. The lowest BCUT2D eigenvalue weighted by Crippen LogP contribution is -2.06. The molecule has 8 heteroatoms. The number of carboxylic acid groups (broad SMARTS) is 1. The largest absolute Gasteiger partial charge is 0.465 e. The summed E-state index contributed by atoms with van der Waals surface area (Å²) >= 11 is 0.864. The van der Waals surface area contributed by atoms with Crippen LogP contribution in [0, 0.1) is 11.6 Å². The second kappa shape index (κ2) is 5.29. The van der Waals surface area contributed by atoms with Crippen molar-refractivity contribution in [3.05, 3.63) is 46.5 Å². The maximum absolute atomic E-state index is 13.5. The quantitative estimate of drug-likeness (QED) is 0.810. The van der Waals surface area contributed by atoms with E-state index in [0.29, 0.717) is 6.07 Å². The molecule has 1 unspecified atom stereocenters. The van der Waals surface area contributed by atoms with Crippen molar-refractivity contribution in [1.29, 1.82) is 0 Å². The second-order valence-electron chi connectivity index (χ2n) is 3.57. The van der Waals surface area contributed by atoms with Crippen molar-refractivity contribution >= 4 is 22.6 Å². The first-order valence-corrected chi connectivity index (χ1v) is 5.87. The normalized spacial score (nSPS) is 12.2. The van der Waals surface area contributed by atoms with Crippen LogP contribution >= 0.6 is 11.3 Å². The fourth-order valence-corrected chi connectivity index (χ4v) is 2.25. The molecule has 100 valence electrons. The van der Waals surface area contributed by atoms with E-state index in [0.717, 1.165) is 23.5 Å². The first-order valence-electron chi connectivity index (χ1n) is 5.06. The summed E-state index contributed by atoms with van der Waals surface area (Å²) < 4.78 is 26.2. The number of carbonyl (C=O) groups is 1. The lowest BCUT2D eigenvalue weighted by molar-refractivity contribution is 0.209. The lowest BCUT2D eigenvalue weighted by atomic mass is 10.1. The van der Waals surface area contributed by atoms with E-state index in [9.17, 15) is 18.7 Å². The van der Waals surface area contributed by atoms with Gasteiger partial charge in [-0.1, -0.05) is 17.4 Å². The van der Waals surface area contributed by atoms with Crippen LogP contribution in [0.4, 0.5) is 18.7 Å². The van der Waals surface area contributed by atoms with Crippen LogP contribution in [0.1, 0.15) is 16.5 Å². The van der Waals surface area contributed by atoms with Crippen LogP contribution in [0.3, 0.4) is 0 Å². The standard InChI is InChI=1S/C11H8F2N2O3S/c12-5-1-2-6(7(13)3-5)9(16)8-4-14-10(19-8)15-11(17)18/h1-4,9,16H,(H,14,15)(H,17,18). The SMILES string of the molecule is O=C(O)Nc1ncc(C(O)c2ccc(F)cc2F)s1. The number of aliphatic hydroxyl groups excluding tert-OH is 1. The van der Waals surface area contributed by atoms with Gasteiger partial charge in [-0.25, -0.2) is 18.6 Å². The first-order chi connectivity index (χ1) is 8.97. The van der Waals surface area contributed by atoms with Gasteiger partial charge in [0, 0.05) is 17.8 Å². The number of nitrogens with one attached hydrogen (secondary N) is 1. The van der Waals surface area contributed by atoms with Crippen LogP contribution in [0.25, 0.3) is 0 Å². The zero-order valence-corrected chi connectivity index (χ0v) is 10.1. The van der Waals surface area contributed by atoms with Gasteiger partial charge in [-0.2, -0.15) is 0 Å². The molecule has 1 amide bonds. The van der Waals surface area contributed by atoms with Gasteiger partial charge < -0.3 is 10.2 Å². The molecule has 0 aliphatic heterocycles. The molecule has 1 aromatic carbocycles. The number of halogens is 2. The molecule has 1 atom stereocenters. The predicted molar refractivity (Wildman–Crippen MR) is 64.2 cm³/mol. The van der Waals surface area contributed by atoms with Gasteiger partial charge in [0.1, 0.15) is 17.7 Å². The van der Waals surface area contributed by atoms with Crippen LogP contribution < -0.4 is 5.32 Å². The number of benzene rings is 1. The fraction of sp³-hybridized carbons (Fsp3) is 0.0909. The fourth-order valence-electron chi connectivity index (χ4n) is 1.44. The monoisotopic (exact) mass is 286 g/mol. The van der Waals surface area contributed by atoms with E-state index in [1.54, 1.807) is 0 Å². The van der Waals surface area contributed by atoms with Gasteiger partial charge in [0.15, 0.2) is 5.13 Å². The van der Waals surface area contributed by atoms with E-state index in [1.165, 1.54) is 6.20 Å². The van der Waals surface area contributed by atoms with Gasteiger partial charge >= 0.3 is 6.09 Å². The summed E-state index contributed by atoms with van der Waals surface area (Å²) in [5, 5.41) is 20.5. The summed E-state index contributed by atoms with van der Waals surface area (Å²) in [6.07, 6.45) is -1.39. The highest BCUT2D eigenvalue weighted by atomic mass is 32.1. The summed E-state index contributed by atoms with van der Waals surface area (Å²) in [6.45, 7) is 0. The van der Waals surface area contributed by atoms with Crippen LogP contribution in [-0.4, -0.2) is 21.3 Å². The number of thiazole rings is 1. The van der Waals surface area contributed by atoms with E-state index >= 15 is 0 Å². The van der Waals surface area contributed by atoms with E-state index in [-0.39, 0.29) is 15.6 Å². The number of anilines is 1. The molecule has 19 heavy (non-hydrogen) atoms. The van der Waals surface area contributed by atoms with Crippen molar-refractivity contribution in [2.75, 3.05) is 5.32 Å². The maximum atomic E-state index is 13.5. The molecule has 0 bridgehead atoms. The van der Waals surface area contributed by atoms with Gasteiger partial charge in [-0.05, 0) is 6.07 Å². The average molecular weight is 286 g/mol. The van der Waals surface area contributed by atoms with Crippen LogP contribution in [0.15, 0.2) is 24.4 Å². The molecule has 3 N–H and O–H groups in total. The second-order valence-corrected chi connectivity index (χ2v) is 4.63. The molecule has 2 aromatic rings. The number of hydrogen-bond donors (Lipinski definition) is 3. The third-order valence-electron chi connectivity index (χ3n) is 2.26. The minimum absolute atomic E-state index is 0.0593. The lowest BCUT2D eigenvalue weighted by Gasteiger charge is -2.09. The van der Waals surface area contributed by atoms with Gasteiger partial charge in [0.2, 0.25) is 0 Å². The van der Waals surface area contributed by atoms with Crippen molar-refractivity contribution in [3.63, 3.8) is 0 Å². The molecule has 5 nitrogen and oxygen atoms in total. The Labute approximate surface area is 110 Å². The molecule has 0 saturated heterocycles. The molecule has 0 aliphatic rings. The summed E-state index contributed by atoms with van der Waals surface area (Å²) in [5.41, 5.74) is -0.105. The van der Waals surface area contributed by atoms with Gasteiger partial charge in [0.25, 0.3) is 0 Å². The number of amides is 1. The highest BCUT2D eigenvalue weighted by Gasteiger charge is 2.18. The first kappa shape index (κ1) is 13.4. The number of hydrogen-bond acceptors (Lipinski definition) is 4. The number of rotatable bonds is 3. The van der Waals surface area contributed by atoms with Crippen molar-refractivity contribution < 1.29 is 23.8 Å². The van der Waals surface area contributed by atoms with Crippen molar-refractivity contribution in [3.8, 4) is 0 Å². The summed E-state index contributed by atoms with van der Waals surface area (Å²) in [4.78, 5) is 14.4. The number of aromatic nitrogens is 1. The molecule has 0 saturated carbocycles. The molecule has 0 fully saturated rings. The molecule has 0 spiro atoms. The third-order valence-corrected chi connectivity index (χ3v) is 3.23. The van der Waals surface area contributed by atoms with E-state index in [1.807, 2.05) is 5.32 Å². The average Bonchev–Trinajstić information content (AvgIpc) is 2.75. The van der Waals surface area contributed by atoms with Crippen LogP contribution in [-0.2, 0) is 0 Å². The molecule has 1 heterocycles. The van der Waals surface area contributed by atoms with Gasteiger partial charge in [-0.15, -0.1) is 0 Å². The molecular formula is C11H8F2N2O3S. The number of aliphatic hydroxyl groups is 1. The van der Waals surface area contributed by atoms with Gasteiger partial charge in [0.05, 0.1) is 4.88 Å². The third kappa shape index (κ3) is 3.04. The Bertz CT molecular complexity index is 618. The van der Waals surface area contributed by atoms with E-state index in [4.69, 9.17) is 5.11 Å². The predicted octanol–water partition coefficient (Wildman–Crippen LogP) is 2.59. The van der Waals surface area contributed by atoms with Crippen LogP contribution in [0.2, 0.25) is 0 Å². The smallest absolute Gasteiger partial charge is 0.410 e.